The van der Waals surface area contributed by atoms with Gasteiger partial charge < -0.3 is 20.0 Å². The Morgan fingerprint density at radius 2 is 1.96 bits per heavy atom. The molecule has 3 amide bonds. The van der Waals surface area contributed by atoms with Crippen LogP contribution in [-0.4, -0.2) is 48.8 Å². The highest BCUT2D eigenvalue weighted by Gasteiger charge is 2.22. The average molecular weight is 345 g/mol. The molecular weight excluding hydrogens is 322 g/mol. The van der Waals surface area contributed by atoms with E-state index in [-0.39, 0.29) is 18.4 Å². The van der Waals surface area contributed by atoms with Gasteiger partial charge in [-0.15, -0.1) is 6.58 Å². The van der Waals surface area contributed by atoms with Crippen molar-refractivity contribution < 1.29 is 18.8 Å². The number of carbonyl (C=O) groups excluding carboxylic acids is 3. The predicted molar refractivity (Wildman–Crippen MR) is 93.3 cm³/mol. The number of hydrogen-bond donors (Lipinski definition) is 2. The Kier molecular flexibility index (Phi) is 7.00. The SMILES string of the molecule is C=CCNC(=O)C(=O)NCC1CCN(C(=O)/C=C/c2ccco2)CC1. The van der Waals surface area contributed by atoms with Crippen LogP contribution in [0, 0.1) is 5.92 Å². The third kappa shape index (κ3) is 5.95. The smallest absolute Gasteiger partial charge is 0.309 e. The lowest BCUT2D eigenvalue weighted by molar-refractivity contribution is -0.139. The molecule has 25 heavy (non-hydrogen) atoms. The molecule has 1 aromatic heterocycles. The van der Waals surface area contributed by atoms with Crippen LogP contribution in [0.5, 0.6) is 0 Å². The van der Waals surface area contributed by atoms with Crippen molar-refractivity contribution in [3.05, 3.63) is 42.9 Å². The molecule has 7 nitrogen and oxygen atoms in total. The molecule has 2 heterocycles. The summed E-state index contributed by atoms with van der Waals surface area (Å²) in [4.78, 5) is 37.0. The first kappa shape index (κ1) is 18.5. The molecular formula is C18H23N3O4. The Balaban J connectivity index is 1.69. The molecule has 0 aromatic carbocycles. The van der Waals surface area contributed by atoms with Crippen LogP contribution in [0.15, 0.2) is 41.5 Å². The fraction of sp³-hybridized carbons (Fsp3) is 0.389. The maximum absolute atomic E-state index is 12.1. The number of likely N-dealkylation sites (tertiary alicyclic amines) is 1. The third-order valence-electron chi connectivity index (χ3n) is 4.02. The quantitative estimate of drug-likeness (QED) is 0.456. The number of hydrogen-bond acceptors (Lipinski definition) is 4. The molecule has 1 aliphatic rings. The highest BCUT2D eigenvalue weighted by Crippen LogP contribution is 2.17. The van der Waals surface area contributed by atoms with Gasteiger partial charge in [-0.2, -0.15) is 0 Å². The zero-order chi connectivity index (χ0) is 18.1. The second-order valence-corrected chi connectivity index (χ2v) is 5.83. The minimum Gasteiger partial charge on any atom is -0.465 e. The number of nitrogens with one attached hydrogen (secondary N) is 2. The van der Waals surface area contributed by atoms with Gasteiger partial charge in [0, 0.05) is 32.3 Å². The van der Waals surface area contributed by atoms with Crippen LogP contribution in [0.25, 0.3) is 6.08 Å². The van der Waals surface area contributed by atoms with Crippen molar-refractivity contribution in [1.82, 2.24) is 15.5 Å². The summed E-state index contributed by atoms with van der Waals surface area (Å²) in [5.41, 5.74) is 0. The molecule has 2 N–H and O–H groups in total. The van der Waals surface area contributed by atoms with Crippen LogP contribution in [-0.2, 0) is 14.4 Å². The number of rotatable bonds is 6. The van der Waals surface area contributed by atoms with Crippen LogP contribution in [0.2, 0.25) is 0 Å². The minimum absolute atomic E-state index is 0.0531. The van der Waals surface area contributed by atoms with E-state index in [1.54, 1.807) is 29.4 Å². The van der Waals surface area contributed by atoms with Crippen molar-refractivity contribution in [2.75, 3.05) is 26.2 Å². The number of furan rings is 1. The molecule has 0 aliphatic carbocycles. The molecule has 1 aliphatic heterocycles. The molecule has 0 bridgehead atoms. The zero-order valence-corrected chi connectivity index (χ0v) is 14.1. The summed E-state index contributed by atoms with van der Waals surface area (Å²) in [6.45, 7) is 5.43. The van der Waals surface area contributed by atoms with Crippen LogP contribution in [0.4, 0.5) is 0 Å². The van der Waals surface area contributed by atoms with Crippen molar-refractivity contribution in [3.63, 3.8) is 0 Å². The van der Waals surface area contributed by atoms with Gasteiger partial charge in [-0.05, 0) is 37.0 Å². The molecule has 0 unspecified atom stereocenters. The molecule has 0 radical (unpaired) electrons. The zero-order valence-electron chi connectivity index (χ0n) is 14.1. The summed E-state index contributed by atoms with van der Waals surface area (Å²) < 4.78 is 5.15. The summed E-state index contributed by atoms with van der Waals surface area (Å²) in [5, 5.41) is 5.06. The van der Waals surface area contributed by atoms with Crippen molar-refractivity contribution in [2.45, 2.75) is 12.8 Å². The second kappa shape index (κ2) is 9.46. The first-order chi connectivity index (χ1) is 12.1. The molecule has 1 fully saturated rings. The van der Waals surface area contributed by atoms with Crippen molar-refractivity contribution in [1.29, 1.82) is 0 Å². The van der Waals surface area contributed by atoms with Crippen LogP contribution >= 0.6 is 0 Å². The molecule has 134 valence electrons. The molecule has 2 rings (SSSR count). The topological polar surface area (TPSA) is 91.7 Å². The first-order valence-electron chi connectivity index (χ1n) is 8.27. The van der Waals surface area contributed by atoms with Gasteiger partial charge >= 0.3 is 11.8 Å². The number of amides is 3. The largest absolute Gasteiger partial charge is 0.465 e. The van der Waals surface area contributed by atoms with Crippen molar-refractivity contribution in [2.24, 2.45) is 5.92 Å². The lowest BCUT2D eigenvalue weighted by atomic mass is 9.96. The first-order valence-corrected chi connectivity index (χ1v) is 8.27. The lowest BCUT2D eigenvalue weighted by Crippen LogP contribution is -2.44. The standard InChI is InChI=1S/C18H23N3O4/c1-2-9-19-17(23)18(24)20-13-14-7-10-21(11-8-14)16(22)6-5-15-4-3-12-25-15/h2-6,12,14H,1,7-11,13H2,(H,19,23)(H,20,24)/b6-5+. The van der Waals surface area contributed by atoms with Gasteiger partial charge in [0.25, 0.3) is 0 Å². The van der Waals surface area contributed by atoms with E-state index in [2.05, 4.69) is 17.2 Å². The molecule has 1 saturated heterocycles. The van der Waals surface area contributed by atoms with E-state index in [1.807, 2.05) is 0 Å². The van der Waals surface area contributed by atoms with E-state index in [4.69, 9.17) is 4.42 Å². The highest BCUT2D eigenvalue weighted by atomic mass is 16.3. The van der Waals surface area contributed by atoms with E-state index in [0.717, 1.165) is 12.8 Å². The van der Waals surface area contributed by atoms with Crippen LogP contribution in [0.3, 0.4) is 0 Å². The minimum atomic E-state index is -0.657. The number of piperidine rings is 1. The van der Waals surface area contributed by atoms with Gasteiger partial charge in [-0.3, -0.25) is 14.4 Å². The third-order valence-corrected chi connectivity index (χ3v) is 4.02. The lowest BCUT2D eigenvalue weighted by Gasteiger charge is -2.31. The van der Waals surface area contributed by atoms with Crippen LogP contribution < -0.4 is 10.6 Å². The van der Waals surface area contributed by atoms with E-state index in [0.29, 0.717) is 25.4 Å². The second-order valence-electron chi connectivity index (χ2n) is 5.83. The molecule has 0 spiro atoms. The monoisotopic (exact) mass is 345 g/mol. The van der Waals surface area contributed by atoms with E-state index in [1.165, 1.54) is 12.2 Å². The molecule has 0 atom stereocenters. The summed E-state index contributed by atoms with van der Waals surface area (Å²) in [6.07, 6.45) is 7.80. The maximum Gasteiger partial charge on any atom is 0.309 e. The van der Waals surface area contributed by atoms with Gasteiger partial charge in [0.05, 0.1) is 6.26 Å². The van der Waals surface area contributed by atoms with E-state index < -0.39 is 11.8 Å². The summed E-state index contributed by atoms with van der Waals surface area (Å²) in [7, 11) is 0. The molecule has 1 aromatic rings. The van der Waals surface area contributed by atoms with Gasteiger partial charge in [-0.1, -0.05) is 6.08 Å². The fourth-order valence-electron chi connectivity index (χ4n) is 2.56. The predicted octanol–water partition coefficient (Wildman–Crippen LogP) is 0.950. The Morgan fingerprint density at radius 1 is 1.24 bits per heavy atom. The van der Waals surface area contributed by atoms with Gasteiger partial charge in [0.15, 0.2) is 0 Å². The van der Waals surface area contributed by atoms with E-state index >= 15 is 0 Å². The van der Waals surface area contributed by atoms with Gasteiger partial charge in [-0.25, -0.2) is 0 Å². The summed E-state index contributed by atoms with van der Waals surface area (Å²) in [5.74, 6) is -0.449. The maximum atomic E-state index is 12.1. The highest BCUT2D eigenvalue weighted by molar-refractivity contribution is 6.35. The van der Waals surface area contributed by atoms with Crippen molar-refractivity contribution in [3.8, 4) is 0 Å². The van der Waals surface area contributed by atoms with Crippen molar-refractivity contribution >= 4 is 23.8 Å². The Labute approximate surface area is 146 Å². The summed E-state index contributed by atoms with van der Waals surface area (Å²) >= 11 is 0. The fourth-order valence-corrected chi connectivity index (χ4v) is 2.56. The molecule has 7 heteroatoms. The van der Waals surface area contributed by atoms with Gasteiger partial charge in [0.1, 0.15) is 5.76 Å². The van der Waals surface area contributed by atoms with Gasteiger partial charge in [0.2, 0.25) is 5.91 Å². The summed E-state index contributed by atoms with van der Waals surface area (Å²) in [6, 6.07) is 3.55. The average Bonchev–Trinajstić information content (AvgIpc) is 3.16. The van der Waals surface area contributed by atoms with Crippen LogP contribution in [0.1, 0.15) is 18.6 Å². The Bertz CT molecular complexity index is 629. The normalized spacial score (nSPS) is 15.1. The Hall–Kier alpha value is -2.83. The molecule has 0 saturated carbocycles. The Morgan fingerprint density at radius 3 is 2.60 bits per heavy atom. The number of carbonyl (C=O) groups is 3. The number of nitrogens with zero attached hydrogens (tertiary/aromatic N) is 1. The van der Waals surface area contributed by atoms with E-state index in [9.17, 15) is 14.4 Å².